The number of imidazole rings is 1. The zero-order valence-electron chi connectivity index (χ0n) is 12.1. The Kier molecular flexibility index (Phi) is 4.74. The Balaban J connectivity index is 1.98. The molecule has 1 heterocycles. The summed E-state index contributed by atoms with van der Waals surface area (Å²) < 4.78 is 2.22. The highest BCUT2D eigenvalue weighted by Gasteiger charge is 2.08. The summed E-state index contributed by atoms with van der Waals surface area (Å²) in [6.07, 6.45) is 5.00. The van der Waals surface area contributed by atoms with Crippen LogP contribution in [0.2, 0.25) is 0 Å². The Hall–Kier alpha value is -1.61. The molecular weight excluding hydrogens is 234 g/mol. The van der Waals surface area contributed by atoms with Crippen LogP contribution in [0, 0.1) is 6.92 Å². The first-order valence-electron chi connectivity index (χ1n) is 7.00. The first-order valence-corrected chi connectivity index (χ1v) is 7.00. The van der Waals surface area contributed by atoms with Crippen molar-refractivity contribution < 1.29 is 0 Å². The first kappa shape index (κ1) is 13.8. The van der Waals surface area contributed by atoms with Gasteiger partial charge in [-0.1, -0.05) is 31.2 Å². The van der Waals surface area contributed by atoms with E-state index in [4.69, 9.17) is 0 Å². The van der Waals surface area contributed by atoms with Gasteiger partial charge in [-0.05, 0) is 31.4 Å². The number of rotatable bonds is 6. The van der Waals surface area contributed by atoms with Crippen LogP contribution in [-0.4, -0.2) is 9.55 Å². The fourth-order valence-corrected chi connectivity index (χ4v) is 2.38. The van der Waals surface area contributed by atoms with Gasteiger partial charge in [-0.15, -0.1) is 0 Å². The average molecular weight is 257 g/mol. The van der Waals surface area contributed by atoms with Crippen LogP contribution in [0.1, 0.15) is 43.1 Å². The van der Waals surface area contributed by atoms with Crippen molar-refractivity contribution in [3.63, 3.8) is 0 Å². The van der Waals surface area contributed by atoms with Crippen LogP contribution in [-0.2, 0) is 13.1 Å². The van der Waals surface area contributed by atoms with Gasteiger partial charge in [0.1, 0.15) is 0 Å². The van der Waals surface area contributed by atoms with Crippen molar-refractivity contribution in [3.05, 3.63) is 53.6 Å². The van der Waals surface area contributed by atoms with Crippen LogP contribution in [0.5, 0.6) is 0 Å². The fourth-order valence-electron chi connectivity index (χ4n) is 2.38. The molecule has 1 N–H and O–H groups in total. The van der Waals surface area contributed by atoms with Gasteiger partial charge in [0.05, 0.1) is 12.0 Å². The van der Waals surface area contributed by atoms with Gasteiger partial charge >= 0.3 is 0 Å². The van der Waals surface area contributed by atoms with Gasteiger partial charge in [-0.25, -0.2) is 4.98 Å². The van der Waals surface area contributed by atoms with Gasteiger partial charge in [-0.2, -0.15) is 0 Å². The molecule has 0 saturated carbocycles. The van der Waals surface area contributed by atoms with E-state index in [1.54, 1.807) is 0 Å². The van der Waals surface area contributed by atoms with E-state index in [9.17, 15) is 0 Å². The normalized spacial score (nSPS) is 12.6. The molecule has 0 amide bonds. The number of hydrogen-bond donors (Lipinski definition) is 1. The molecule has 2 aromatic rings. The van der Waals surface area contributed by atoms with Crippen molar-refractivity contribution in [2.24, 2.45) is 0 Å². The number of aromatic nitrogens is 2. The monoisotopic (exact) mass is 257 g/mol. The van der Waals surface area contributed by atoms with E-state index < -0.39 is 0 Å². The molecule has 0 aliphatic carbocycles. The second-order valence-electron chi connectivity index (χ2n) is 5.04. The molecule has 3 nitrogen and oxygen atoms in total. The zero-order chi connectivity index (χ0) is 13.7. The SMILES string of the molecule is CCCn1cncc1CN[C@H](C)c1ccccc1C. The Morgan fingerprint density at radius 2 is 2.11 bits per heavy atom. The first-order chi connectivity index (χ1) is 9.22. The van der Waals surface area contributed by atoms with E-state index in [-0.39, 0.29) is 0 Å². The molecule has 0 spiro atoms. The molecule has 0 bridgehead atoms. The molecule has 0 aliphatic heterocycles. The molecule has 0 saturated heterocycles. The highest BCUT2D eigenvalue weighted by molar-refractivity contribution is 5.28. The summed E-state index contributed by atoms with van der Waals surface area (Å²) in [5, 5.41) is 3.58. The maximum absolute atomic E-state index is 4.23. The Labute approximate surface area is 115 Å². The largest absolute Gasteiger partial charge is 0.333 e. The maximum atomic E-state index is 4.23. The predicted octanol–water partition coefficient (Wildman–Crippen LogP) is 3.45. The number of nitrogens with one attached hydrogen (secondary N) is 1. The van der Waals surface area contributed by atoms with Crippen LogP contribution < -0.4 is 5.32 Å². The van der Waals surface area contributed by atoms with Crippen molar-refractivity contribution in [2.75, 3.05) is 0 Å². The van der Waals surface area contributed by atoms with E-state index >= 15 is 0 Å². The van der Waals surface area contributed by atoms with Gasteiger partial charge in [0.2, 0.25) is 0 Å². The average Bonchev–Trinajstić information content (AvgIpc) is 2.84. The van der Waals surface area contributed by atoms with E-state index in [1.807, 2.05) is 12.5 Å². The summed E-state index contributed by atoms with van der Waals surface area (Å²) in [5.41, 5.74) is 3.95. The van der Waals surface area contributed by atoms with E-state index in [2.05, 4.69) is 59.9 Å². The molecule has 1 aromatic heterocycles. The molecule has 19 heavy (non-hydrogen) atoms. The quantitative estimate of drug-likeness (QED) is 0.859. The van der Waals surface area contributed by atoms with Crippen LogP contribution in [0.3, 0.4) is 0 Å². The molecular formula is C16H23N3. The Morgan fingerprint density at radius 1 is 1.32 bits per heavy atom. The molecule has 2 rings (SSSR count). The van der Waals surface area contributed by atoms with Crippen molar-refractivity contribution in [1.82, 2.24) is 14.9 Å². The summed E-state index contributed by atoms with van der Waals surface area (Å²) in [7, 11) is 0. The second kappa shape index (κ2) is 6.53. The molecule has 0 aliphatic rings. The summed E-state index contributed by atoms with van der Waals surface area (Å²) in [5.74, 6) is 0. The van der Waals surface area contributed by atoms with Crippen molar-refractivity contribution in [2.45, 2.75) is 46.3 Å². The van der Waals surface area contributed by atoms with E-state index in [0.29, 0.717) is 6.04 Å². The van der Waals surface area contributed by atoms with Gasteiger partial charge in [0, 0.05) is 25.3 Å². The van der Waals surface area contributed by atoms with Crippen molar-refractivity contribution >= 4 is 0 Å². The number of nitrogens with zero attached hydrogens (tertiary/aromatic N) is 2. The maximum Gasteiger partial charge on any atom is 0.0948 e. The van der Waals surface area contributed by atoms with E-state index in [0.717, 1.165) is 19.5 Å². The standard InChI is InChI=1S/C16H23N3/c1-4-9-19-12-17-10-15(19)11-18-14(3)16-8-6-5-7-13(16)2/h5-8,10,12,14,18H,4,9,11H2,1-3H3/t14-/m1/s1. The highest BCUT2D eigenvalue weighted by atomic mass is 15.1. The Morgan fingerprint density at radius 3 is 2.84 bits per heavy atom. The van der Waals surface area contributed by atoms with Crippen LogP contribution in [0.15, 0.2) is 36.8 Å². The van der Waals surface area contributed by atoms with Gasteiger partial charge < -0.3 is 9.88 Å². The molecule has 1 aromatic carbocycles. The lowest BCUT2D eigenvalue weighted by Crippen LogP contribution is -2.20. The number of aryl methyl sites for hydroxylation is 2. The molecule has 1 atom stereocenters. The molecule has 0 radical (unpaired) electrons. The third kappa shape index (κ3) is 3.44. The Bertz CT molecular complexity index is 516. The third-order valence-electron chi connectivity index (χ3n) is 3.51. The lowest BCUT2D eigenvalue weighted by Gasteiger charge is -2.17. The topological polar surface area (TPSA) is 29.9 Å². The summed E-state index contributed by atoms with van der Waals surface area (Å²) in [6.45, 7) is 8.45. The number of hydrogen-bond acceptors (Lipinski definition) is 2. The minimum absolute atomic E-state index is 0.353. The fraction of sp³-hybridized carbons (Fsp3) is 0.438. The lowest BCUT2D eigenvalue weighted by molar-refractivity contribution is 0.540. The van der Waals surface area contributed by atoms with Crippen LogP contribution in [0.4, 0.5) is 0 Å². The summed E-state index contributed by atoms with van der Waals surface area (Å²) in [6, 6.07) is 8.89. The summed E-state index contributed by atoms with van der Waals surface area (Å²) >= 11 is 0. The van der Waals surface area contributed by atoms with Crippen molar-refractivity contribution in [1.29, 1.82) is 0 Å². The zero-order valence-corrected chi connectivity index (χ0v) is 12.1. The minimum atomic E-state index is 0.353. The van der Waals surface area contributed by atoms with Crippen molar-refractivity contribution in [3.8, 4) is 0 Å². The molecule has 0 fully saturated rings. The van der Waals surface area contributed by atoms with Crippen LogP contribution >= 0.6 is 0 Å². The van der Waals surface area contributed by atoms with Crippen LogP contribution in [0.25, 0.3) is 0 Å². The third-order valence-corrected chi connectivity index (χ3v) is 3.51. The molecule has 0 unspecified atom stereocenters. The highest BCUT2D eigenvalue weighted by Crippen LogP contribution is 2.17. The lowest BCUT2D eigenvalue weighted by atomic mass is 10.0. The second-order valence-corrected chi connectivity index (χ2v) is 5.04. The van der Waals surface area contributed by atoms with Gasteiger partial charge in [-0.3, -0.25) is 0 Å². The minimum Gasteiger partial charge on any atom is -0.333 e. The van der Waals surface area contributed by atoms with Gasteiger partial charge in [0.25, 0.3) is 0 Å². The summed E-state index contributed by atoms with van der Waals surface area (Å²) in [4.78, 5) is 4.23. The van der Waals surface area contributed by atoms with E-state index in [1.165, 1.54) is 16.8 Å². The smallest absolute Gasteiger partial charge is 0.0948 e. The predicted molar refractivity (Wildman–Crippen MR) is 79.0 cm³/mol. The number of benzene rings is 1. The molecule has 3 heteroatoms. The molecule has 102 valence electrons. The van der Waals surface area contributed by atoms with Gasteiger partial charge in [0.15, 0.2) is 0 Å².